The van der Waals surface area contributed by atoms with E-state index in [-0.39, 0.29) is 5.02 Å². The van der Waals surface area contributed by atoms with Crippen LogP contribution in [0.1, 0.15) is 17.2 Å². The van der Waals surface area contributed by atoms with Crippen molar-refractivity contribution in [2.45, 2.75) is 6.04 Å². The standard InChI is InChI=1S/C12H9ClF2N2/c13-11-4-8(14)1-2-10(11)12(16)7-3-9(15)6-17-5-7/h1-6,12H,16H2. The van der Waals surface area contributed by atoms with Crippen LogP contribution < -0.4 is 5.73 Å². The van der Waals surface area contributed by atoms with E-state index in [1.807, 2.05) is 0 Å². The molecule has 2 rings (SSSR count). The first-order valence-electron chi connectivity index (χ1n) is 4.89. The lowest BCUT2D eigenvalue weighted by Crippen LogP contribution is -2.13. The highest BCUT2D eigenvalue weighted by molar-refractivity contribution is 6.31. The number of rotatable bonds is 2. The van der Waals surface area contributed by atoms with E-state index in [2.05, 4.69) is 4.98 Å². The summed E-state index contributed by atoms with van der Waals surface area (Å²) >= 11 is 5.88. The summed E-state index contributed by atoms with van der Waals surface area (Å²) in [7, 11) is 0. The first kappa shape index (κ1) is 12.0. The lowest BCUT2D eigenvalue weighted by molar-refractivity contribution is 0.615. The van der Waals surface area contributed by atoms with Gasteiger partial charge in [0.2, 0.25) is 0 Å². The molecule has 1 atom stereocenters. The van der Waals surface area contributed by atoms with Crippen LogP contribution in [0.5, 0.6) is 0 Å². The van der Waals surface area contributed by atoms with Gasteiger partial charge in [0.25, 0.3) is 0 Å². The summed E-state index contributed by atoms with van der Waals surface area (Å²) in [4.78, 5) is 3.71. The van der Waals surface area contributed by atoms with E-state index in [0.29, 0.717) is 11.1 Å². The molecule has 5 heteroatoms. The molecule has 17 heavy (non-hydrogen) atoms. The quantitative estimate of drug-likeness (QED) is 0.895. The average molecular weight is 255 g/mol. The zero-order chi connectivity index (χ0) is 12.4. The first-order chi connectivity index (χ1) is 8.08. The van der Waals surface area contributed by atoms with Gasteiger partial charge in [0.15, 0.2) is 0 Å². The Hall–Kier alpha value is -1.52. The fourth-order valence-corrected chi connectivity index (χ4v) is 1.82. The van der Waals surface area contributed by atoms with Gasteiger partial charge in [0.1, 0.15) is 11.6 Å². The molecule has 2 N–H and O–H groups in total. The molecule has 0 amide bonds. The third kappa shape index (κ3) is 2.60. The summed E-state index contributed by atoms with van der Waals surface area (Å²) < 4.78 is 25.9. The van der Waals surface area contributed by atoms with Crippen LogP contribution in [0.25, 0.3) is 0 Å². The molecule has 0 radical (unpaired) electrons. The fraction of sp³-hybridized carbons (Fsp3) is 0.0833. The van der Waals surface area contributed by atoms with Gasteiger partial charge in [0, 0.05) is 11.2 Å². The third-order valence-electron chi connectivity index (χ3n) is 2.38. The summed E-state index contributed by atoms with van der Waals surface area (Å²) in [5.74, 6) is -0.917. The Kier molecular flexibility index (Phi) is 3.36. The number of hydrogen-bond donors (Lipinski definition) is 1. The van der Waals surface area contributed by atoms with Gasteiger partial charge in [-0.1, -0.05) is 17.7 Å². The Bertz CT molecular complexity index is 546. The van der Waals surface area contributed by atoms with Crippen molar-refractivity contribution < 1.29 is 8.78 Å². The van der Waals surface area contributed by atoms with Crippen LogP contribution >= 0.6 is 11.6 Å². The SMILES string of the molecule is NC(c1cncc(F)c1)c1ccc(F)cc1Cl. The molecule has 0 aliphatic heterocycles. The lowest BCUT2D eigenvalue weighted by Gasteiger charge is -2.13. The third-order valence-corrected chi connectivity index (χ3v) is 2.71. The Labute approximate surface area is 102 Å². The van der Waals surface area contributed by atoms with Crippen molar-refractivity contribution in [2.24, 2.45) is 5.73 Å². The summed E-state index contributed by atoms with van der Waals surface area (Å²) in [5, 5.41) is 0.210. The number of benzene rings is 1. The maximum absolute atomic E-state index is 13.0. The summed E-state index contributed by atoms with van der Waals surface area (Å²) in [6, 6.07) is 4.55. The average Bonchev–Trinajstić information content (AvgIpc) is 2.28. The van der Waals surface area contributed by atoms with Gasteiger partial charge in [0.05, 0.1) is 12.2 Å². The topological polar surface area (TPSA) is 38.9 Å². The van der Waals surface area contributed by atoms with Crippen molar-refractivity contribution in [3.05, 3.63) is 64.4 Å². The van der Waals surface area contributed by atoms with Crippen LogP contribution in [-0.4, -0.2) is 4.98 Å². The molecule has 0 aliphatic carbocycles. The molecule has 2 aromatic rings. The molecule has 0 fully saturated rings. The zero-order valence-corrected chi connectivity index (χ0v) is 9.46. The van der Waals surface area contributed by atoms with Crippen molar-refractivity contribution in [1.29, 1.82) is 0 Å². The molecule has 0 bridgehead atoms. The van der Waals surface area contributed by atoms with E-state index >= 15 is 0 Å². The molecule has 88 valence electrons. The van der Waals surface area contributed by atoms with E-state index in [1.54, 1.807) is 0 Å². The second kappa shape index (κ2) is 4.77. The largest absolute Gasteiger partial charge is 0.320 e. The van der Waals surface area contributed by atoms with E-state index < -0.39 is 17.7 Å². The normalized spacial score (nSPS) is 12.5. The van der Waals surface area contributed by atoms with Gasteiger partial charge in [-0.15, -0.1) is 0 Å². The molecule has 1 heterocycles. The Morgan fingerprint density at radius 2 is 1.88 bits per heavy atom. The number of nitrogens with two attached hydrogens (primary N) is 1. The van der Waals surface area contributed by atoms with Crippen molar-refractivity contribution in [3.63, 3.8) is 0 Å². The van der Waals surface area contributed by atoms with Gasteiger partial charge in [-0.3, -0.25) is 4.98 Å². The minimum Gasteiger partial charge on any atom is -0.320 e. The second-order valence-electron chi connectivity index (χ2n) is 3.58. The Morgan fingerprint density at radius 1 is 1.12 bits per heavy atom. The predicted molar refractivity (Wildman–Crippen MR) is 61.6 cm³/mol. The van der Waals surface area contributed by atoms with Crippen LogP contribution in [0.3, 0.4) is 0 Å². The highest BCUT2D eigenvalue weighted by atomic mass is 35.5. The van der Waals surface area contributed by atoms with Crippen LogP contribution in [0, 0.1) is 11.6 Å². The molecular formula is C12H9ClF2N2. The minimum absolute atomic E-state index is 0.210. The van der Waals surface area contributed by atoms with Gasteiger partial charge >= 0.3 is 0 Å². The molecule has 1 aromatic heterocycles. The molecule has 0 aliphatic rings. The predicted octanol–water partition coefficient (Wildman–Crippen LogP) is 3.06. The smallest absolute Gasteiger partial charge is 0.141 e. The lowest BCUT2D eigenvalue weighted by atomic mass is 10.0. The van der Waals surface area contributed by atoms with Crippen molar-refractivity contribution >= 4 is 11.6 Å². The first-order valence-corrected chi connectivity index (χ1v) is 5.26. The number of aromatic nitrogens is 1. The molecule has 1 aromatic carbocycles. The Morgan fingerprint density at radius 3 is 2.53 bits per heavy atom. The van der Waals surface area contributed by atoms with Crippen molar-refractivity contribution in [3.8, 4) is 0 Å². The fourth-order valence-electron chi connectivity index (χ4n) is 1.53. The molecule has 0 saturated carbocycles. The monoisotopic (exact) mass is 254 g/mol. The Balaban J connectivity index is 2.40. The zero-order valence-electron chi connectivity index (χ0n) is 8.70. The molecule has 0 saturated heterocycles. The molecular weight excluding hydrogens is 246 g/mol. The van der Waals surface area contributed by atoms with Crippen LogP contribution in [0.4, 0.5) is 8.78 Å². The summed E-state index contributed by atoms with van der Waals surface area (Å²) in [5.41, 5.74) is 6.94. The van der Waals surface area contributed by atoms with Crippen LogP contribution in [0.2, 0.25) is 5.02 Å². The number of halogens is 3. The van der Waals surface area contributed by atoms with Gasteiger partial charge in [-0.05, 0) is 29.3 Å². The molecule has 2 nitrogen and oxygen atoms in total. The van der Waals surface area contributed by atoms with E-state index in [1.165, 1.54) is 30.5 Å². The number of pyridine rings is 1. The van der Waals surface area contributed by atoms with Crippen LogP contribution in [0.15, 0.2) is 36.7 Å². The van der Waals surface area contributed by atoms with Gasteiger partial charge in [-0.25, -0.2) is 8.78 Å². The minimum atomic E-state index is -0.633. The van der Waals surface area contributed by atoms with E-state index in [0.717, 1.165) is 6.20 Å². The number of nitrogens with zero attached hydrogens (tertiary/aromatic N) is 1. The van der Waals surface area contributed by atoms with Crippen LogP contribution in [-0.2, 0) is 0 Å². The summed E-state index contributed by atoms with van der Waals surface area (Å²) in [6.45, 7) is 0. The molecule has 1 unspecified atom stereocenters. The maximum atomic E-state index is 13.0. The van der Waals surface area contributed by atoms with Gasteiger partial charge < -0.3 is 5.73 Å². The summed E-state index contributed by atoms with van der Waals surface area (Å²) in [6.07, 6.45) is 2.54. The highest BCUT2D eigenvalue weighted by Crippen LogP contribution is 2.26. The van der Waals surface area contributed by atoms with E-state index in [4.69, 9.17) is 17.3 Å². The second-order valence-corrected chi connectivity index (χ2v) is 3.99. The van der Waals surface area contributed by atoms with Crippen molar-refractivity contribution in [2.75, 3.05) is 0 Å². The highest BCUT2D eigenvalue weighted by Gasteiger charge is 2.14. The molecule has 0 spiro atoms. The van der Waals surface area contributed by atoms with Gasteiger partial charge in [-0.2, -0.15) is 0 Å². The maximum Gasteiger partial charge on any atom is 0.141 e. The van der Waals surface area contributed by atoms with E-state index in [9.17, 15) is 8.78 Å². The number of hydrogen-bond acceptors (Lipinski definition) is 2. The van der Waals surface area contributed by atoms with Crippen molar-refractivity contribution in [1.82, 2.24) is 4.98 Å².